The summed E-state index contributed by atoms with van der Waals surface area (Å²) in [7, 11) is 0. The van der Waals surface area contributed by atoms with Crippen molar-refractivity contribution in [3.63, 3.8) is 0 Å². The largest absolute Gasteiger partial charge is 0.508 e. The van der Waals surface area contributed by atoms with Crippen molar-refractivity contribution in [2.45, 2.75) is 31.9 Å². The van der Waals surface area contributed by atoms with Crippen molar-refractivity contribution in [3.05, 3.63) is 95.8 Å². The number of amides is 1. The van der Waals surface area contributed by atoms with Crippen LogP contribution in [-0.2, 0) is 16.1 Å². The lowest BCUT2D eigenvalue weighted by atomic mass is 10.0. The van der Waals surface area contributed by atoms with Gasteiger partial charge in [0.15, 0.2) is 0 Å². The fourth-order valence-corrected chi connectivity index (χ4v) is 6.15. The standard InChI is InChI=1S/C36H34N6O4/c37-19-26-20-40-32-18-34(46-29-9-13-45-22-29)33(41-35(44)15-23-6-10-38-11-7-23)17-30(32)36(26)42(21-24-2-1-3-28(43)14-24)27-4-5-31-25(16-27)8-12-39-31/h1-5,8,12,14-18,20,29,38-39,43H,6-7,9-11,13,21-22H2,(H,41,44). The number of phenols is 1. The Balaban J connectivity index is 1.38. The molecular weight excluding hydrogens is 580 g/mol. The van der Waals surface area contributed by atoms with Crippen LogP contribution in [0.25, 0.3) is 21.8 Å². The molecule has 4 N–H and O–H groups in total. The van der Waals surface area contributed by atoms with Crippen LogP contribution in [0.5, 0.6) is 11.5 Å². The number of nitrogens with zero attached hydrogens (tertiary/aromatic N) is 3. The number of carbonyl (C=O) groups is 1. The van der Waals surface area contributed by atoms with Gasteiger partial charge in [-0.1, -0.05) is 17.7 Å². The predicted octanol–water partition coefficient (Wildman–Crippen LogP) is 6.05. The Morgan fingerprint density at radius 3 is 2.87 bits per heavy atom. The predicted molar refractivity (Wildman–Crippen MR) is 177 cm³/mol. The van der Waals surface area contributed by atoms with E-state index in [2.05, 4.69) is 37.6 Å². The number of hydrogen-bond donors (Lipinski definition) is 4. The van der Waals surface area contributed by atoms with E-state index < -0.39 is 0 Å². The molecule has 0 bridgehead atoms. The molecule has 10 nitrogen and oxygen atoms in total. The summed E-state index contributed by atoms with van der Waals surface area (Å²) in [6.45, 7) is 3.14. The number of anilines is 3. The first-order valence-corrected chi connectivity index (χ1v) is 15.5. The van der Waals surface area contributed by atoms with Crippen molar-refractivity contribution in [2.24, 2.45) is 0 Å². The second-order valence-corrected chi connectivity index (χ2v) is 11.6. The molecule has 10 heteroatoms. The van der Waals surface area contributed by atoms with Crippen molar-refractivity contribution in [1.29, 1.82) is 5.26 Å². The minimum Gasteiger partial charge on any atom is -0.508 e. The number of fused-ring (bicyclic) bond motifs is 2. The molecule has 0 aliphatic carbocycles. The van der Waals surface area contributed by atoms with Gasteiger partial charge in [-0.05, 0) is 74.0 Å². The van der Waals surface area contributed by atoms with E-state index in [9.17, 15) is 15.2 Å². The maximum Gasteiger partial charge on any atom is 0.248 e. The number of benzene rings is 3. The van der Waals surface area contributed by atoms with Gasteiger partial charge in [0, 0.05) is 59.5 Å². The minimum absolute atomic E-state index is 0.149. The number of aromatic amines is 1. The van der Waals surface area contributed by atoms with E-state index in [1.807, 2.05) is 42.6 Å². The summed E-state index contributed by atoms with van der Waals surface area (Å²) in [5.74, 6) is 0.421. The number of carbonyl (C=O) groups excluding carboxylic acids is 1. The number of pyridine rings is 1. The van der Waals surface area contributed by atoms with Crippen molar-refractivity contribution in [2.75, 3.05) is 36.5 Å². The molecule has 5 aromatic rings. The number of hydrogen-bond acceptors (Lipinski definition) is 8. The fraction of sp³-hybridized carbons (Fsp3) is 0.250. The van der Waals surface area contributed by atoms with E-state index in [1.54, 1.807) is 30.5 Å². The summed E-state index contributed by atoms with van der Waals surface area (Å²) in [5.41, 5.74) is 5.90. The van der Waals surface area contributed by atoms with Crippen LogP contribution >= 0.6 is 0 Å². The minimum atomic E-state index is -0.232. The molecule has 4 heterocycles. The maximum absolute atomic E-state index is 13.3. The third-order valence-electron chi connectivity index (χ3n) is 8.45. The Kier molecular flexibility index (Phi) is 8.25. The lowest BCUT2D eigenvalue weighted by Gasteiger charge is -2.28. The molecule has 2 aliphatic rings. The molecule has 2 saturated heterocycles. The number of rotatable bonds is 8. The van der Waals surface area contributed by atoms with Gasteiger partial charge in [0.2, 0.25) is 5.91 Å². The van der Waals surface area contributed by atoms with Crippen LogP contribution in [0.1, 0.15) is 30.4 Å². The summed E-state index contributed by atoms with van der Waals surface area (Å²) >= 11 is 0. The maximum atomic E-state index is 13.3. The first kappa shape index (κ1) is 29.3. The van der Waals surface area contributed by atoms with E-state index in [0.29, 0.717) is 53.3 Å². The third-order valence-corrected chi connectivity index (χ3v) is 8.45. The molecule has 1 amide bonds. The first-order valence-electron chi connectivity index (χ1n) is 15.5. The Hall–Kier alpha value is -5.37. The number of ether oxygens (including phenoxy) is 2. The molecule has 0 radical (unpaired) electrons. The molecule has 1 unspecified atom stereocenters. The SMILES string of the molecule is N#Cc1cnc2cc(OC3CCOC3)c(NC(=O)C=C3CCNCC3)cc2c1N(Cc1cccc(O)c1)c1ccc2[nH]ccc2c1. The zero-order valence-electron chi connectivity index (χ0n) is 25.3. The second kappa shape index (κ2) is 12.9. The van der Waals surface area contributed by atoms with Crippen LogP contribution in [0, 0.1) is 11.3 Å². The van der Waals surface area contributed by atoms with Crippen LogP contribution in [0.2, 0.25) is 0 Å². The van der Waals surface area contributed by atoms with Gasteiger partial charge in [0.1, 0.15) is 23.7 Å². The lowest BCUT2D eigenvalue weighted by molar-refractivity contribution is -0.112. The molecule has 2 aliphatic heterocycles. The molecular formula is C36H34N6O4. The highest BCUT2D eigenvalue weighted by Gasteiger charge is 2.24. The molecule has 7 rings (SSSR count). The quantitative estimate of drug-likeness (QED) is 0.155. The number of phenolic OH excluding ortho intramolecular Hbond substituents is 1. The fourth-order valence-electron chi connectivity index (χ4n) is 6.15. The Labute approximate surface area is 266 Å². The number of aromatic hydroxyl groups is 1. The molecule has 1 atom stereocenters. The second-order valence-electron chi connectivity index (χ2n) is 11.6. The average molecular weight is 615 g/mol. The highest BCUT2D eigenvalue weighted by molar-refractivity contribution is 6.05. The van der Waals surface area contributed by atoms with Crippen LogP contribution in [0.4, 0.5) is 17.1 Å². The normalized spacial score (nSPS) is 16.3. The van der Waals surface area contributed by atoms with E-state index in [0.717, 1.165) is 60.1 Å². The Bertz CT molecular complexity index is 1980. The van der Waals surface area contributed by atoms with Gasteiger partial charge in [-0.15, -0.1) is 0 Å². The summed E-state index contributed by atoms with van der Waals surface area (Å²) < 4.78 is 11.9. The smallest absolute Gasteiger partial charge is 0.248 e. The zero-order chi connectivity index (χ0) is 31.5. The van der Waals surface area contributed by atoms with Crippen molar-refractivity contribution in [1.82, 2.24) is 15.3 Å². The summed E-state index contributed by atoms with van der Waals surface area (Å²) in [6.07, 6.45) is 7.38. The molecule has 46 heavy (non-hydrogen) atoms. The molecule has 0 saturated carbocycles. The van der Waals surface area contributed by atoms with Gasteiger partial charge in [0.05, 0.1) is 35.7 Å². The number of H-pyrrole nitrogens is 1. The van der Waals surface area contributed by atoms with Crippen molar-refractivity contribution >= 4 is 44.8 Å². The van der Waals surface area contributed by atoms with E-state index in [1.165, 1.54) is 0 Å². The van der Waals surface area contributed by atoms with Crippen LogP contribution in [0.15, 0.2) is 84.7 Å². The highest BCUT2D eigenvalue weighted by atomic mass is 16.5. The van der Waals surface area contributed by atoms with Crippen LogP contribution < -0.4 is 20.3 Å². The van der Waals surface area contributed by atoms with Gasteiger partial charge in [-0.25, -0.2) is 0 Å². The van der Waals surface area contributed by atoms with Gasteiger partial charge in [-0.3, -0.25) is 9.78 Å². The molecule has 2 fully saturated rings. The average Bonchev–Trinajstić information content (AvgIpc) is 3.76. The molecule has 2 aromatic heterocycles. The molecule has 0 spiro atoms. The topological polar surface area (TPSA) is 136 Å². The van der Waals surface area contributed by atoms with E-state index in [-0.39, 0.29) is 17.8 Å². The number of nitrogens with one attached hydrogen (secondary N) is 3. The summed E-state index contributed by atoms with van der Waals surface area (Å²) in [4.78, 5) is 23.3. The number of aromatic nitrogens is 2. The van der Waals surface area contributed by atoms with Crippen molar-refractivity contribution in [3.8, 4) is 17.6 Å². The first-order chi connectivity index (χ1) is 22.5. The lowest BCUT2D eigenvalue weighted by Crippen LogP contribution is -2.24. The van der Waals surface area contributed by atoms with Gasteiger partial charge < -0.3 is 35.1 Å². The van der Waals surface area contributed by atoms with Crippen molar-refractivity contribution < 1.29 is 19.4 Å². The molecule has 3 aromatic carbocycles. The summed E-state index contributed by atoms with van der Waals surface area (Å²) in [5, 5.41) is 28.8. The number of piperidine rings is 1. The highest BCUT2D eigenvalue weighted by Crippen LogP contribution is 2.41. The zero-order valence-corrected chi connectivity index (χ0v) is 25.3. The number of nitriles is 1. The third kappa shape index (κ3) is 6.24. The Morgan fingerprint density at radius 1 is 1.17 bits per heavy atom. The summed E-state index contributed by atoms with van der Waals surface area (Å²) in [6, 6.07) is 21.2. The van der Waals surface area contributed by atoms with Gasteiger partial charge >= 0.3 is 0 Å². The van der Waals surface area contributed by atoms with E-state index >= 15 is 0 Å². The van der Waals surface area contributed by atoms with Gasteiger partial charge in [-0.2, -0.15) is 5.26 Å². The van der Waals surface area contributed by atoms with Crippen LogP contribution in [-0.4, -0.2) is 53.4 Å². The van der Waals surface area contributed by atoms with Gasteiger partial charge in [0.25, 0.3) is 0 Å². The van der Waals surface area contributed by atoms with E-state index in [4.69, 9.17) is 9.47 Å². The Morgan fingerprint density at radius 2 is 2.07 bits per heavy atom. The van der Waals surface area contributed by atoms with Crippen LogP contribution in [0.3, 0.4) is 0 Å². The molecule has 232 valence electrons. The monoisotopic (exact) mass is 614 g/mol.